The molecule has 36 heavy (non-hydrogen) atoms. The van der Waals surface area contributed by atoms with Gasteiger partial charge in [-0.1, -0.05) is 24.3 Å². The molecule has 0 radical (unpaired) electrons. The highest BCUT2D eigenvalue weighted by Crippen LogP contribution is 2.37. The Bertz CT molecular complexity index is 1410. The lowest BCUT2D eigenvalue weighted by atomic mass is 10.0. The monoisotopic (exact) mass is 496 g/mol. The predicted octanol–water partition coefficient (Wildman–Crippen LogP) is 4.20. The number of carbonyl (C=O) groups is 1. The van der Waals surface area contributed by atoms with Gasteiger partial charge in [-0.2, -0.15) is 18.3 Å². The number of hydrogen-bond acceptors (Lipinski definition) is 6. The highest BCUT2D eigenvalue weighted by Gasteiger charge is 2.34. The maximum absolute atomic E-state index is 13.6. The first kappa shape index (κ1) is 23.9. The summed E-state index contributed by atoms with van der Waals surface area (Å²) in [4.78, 5) is 24.1. The normalized spacial score (nSPS) is 14.8. The number of ether oxygens (including phenoxy) is 1. The van der Waals surface area contributed by atoms with Gasteiger partial charge in [-0.25, -0.2) is 14.5 Å². The van der Waals surface area contributed by atoms with Crippen molar-refractivity contribution in [3.8, 4) is 11.3 Å². The van der Waals surface area contributed by atoms with E-state index < -0.39 is 17.6 Å². The maximum Gasteiger partial charge on any atom is 0.417 e. The van der Waals surface area contributed by atoms with Crippen LogP contribution in [0.3, 0.4) is 0 Å². The summed E-state index contributed by atoms with van der Waals surface area (Å²) < 4.78 is 47.5. The first-order valence-electron chi connectivity index (χ1n) is 11.4. The van der Waals surface area contributed by atoms with Gasteiger partial charge >= 0.3 is 6.18 Å². The molecule has 8 nitrogen and oxygen atoms in total. The molecule has 1 aromatic carbocycles. The molecule has 0 bridgehead atoms. The molecule has 1 amide bonds. The number of halogens is 3. The van der Waals surface area contributed by atoms with Crippen LogP contribution in [-0.4, -0.2) is 56.7 Å². The number of pyridine rings is 1. The summed E-state index contributed by atoms with van der Waals surface area (Å²) in [6.45, 7) is 5.26. The molecule has 0 unspecified atom stereocenters. The highest BCUT2D eigenvalue weighted by atomic mass is 19.4. The Morgan fingerprint density at radius 2 is 1.89 bits per heavy atom. The van der Waals surface area contributed by atoms with Gasteiger partial charge in [-0.15, -0.1) is 0 Å². The summed E-state index contributed by atoms with van der Waals surface area (Å²) in [7, 11) is 0. The number of aromatic nitrogens is 4. The summed E-state index contributed by atoms with van der Waals surface area (Å²) in [5.74, 6) is -0.166. The minimum absolute atomic E-state index is 0.0676. The summed E-state index contributed by atoms with van der Waals surface area (Å²) in [5.41, 5.74) is 0.986. The molecule has 11 heteroatoms. The molecule has 1 fully saturated rings. The molecule has 0 aliphatic carbocycles. The lowest BCUT2D eigenvalue weighted by Crippen LogP contribution is -2.35. The Balaban J connectivity index is 1.43. The average Bonchev–Trinajstić information content (AvgIpc) is 3.26. The number of imidazole rings is 1. The number of benzene rings is 1. The van der Waals surface area contributed by atoms with E-state index in [1.165, 1.54) is 28.9 Å². The smallest absolute Gasteiger partial charge is 0.379 e. The number of hydrogen-bond donors (Lipinski definition) is 1. The van der Waals surface area contributed by atoms with Crippen molar-refractivity contribution in [1.82, 2.24) is 24.5 Å². The topological polar surface area (TPSA) is 84.7 Å². The molecule has 1 N–H and O–H groups in total. The van der Waals surface area contributed by atoms with Gasteiger partial charge in [-0.05, 0) is 36.8 Å². The van der Waals surface area contributed by atoms with E-state index in [9.17, 15) is 18.0 Å². The maximum atomic E-state index is 13.6. The molecule has 1 aliphatic heterocycles. The van der Waals surface area contributed by atoms with E-state index in [-0.39, 0.29) is 17.0 Å². The molecule has 0 spiro atoms. The van der Waals surface area contributed by atoms with E-state index in [1.54, 1.807) is 25.1 Å². The lowest BCUT2D eigenvalue weighted by Gasteiger charge is -2.26. The van der Waals surface area contributed by atoms with Crippen molar-refractivity contribution >= 4 is 17.4 Å². The van der Waals surface area contributed by atoms with Gasteiger partial charge in [0.2, 0.25) is 0 Å². The third-order valence-electron chi connectivity index (χ3n) is 5.94. The van der Waals surface area contributed by atoms with E-state index in [1.807, 2.05) is 6.07 Å². The summed E-state index contributed by atoms with van der Waals surface area (Å²) in [6, 6.07) is 12.2. The van der Waals surface area contributed by atoms with Crippen LogP contribution in [0.2, 0.25) is 0 Å². The fraction of sp³-hybridized carbons (Fsp3) is 0.280. The number of morpholine rings is 1. The lowest BCUT2D eigenvalue weighted by molar-refractivity contribution is -0.137. The Hall–Kier alpha value is -3.83. The second-order valence-corrected chi connectivity index (χ2v) is 8.49. The molecule has 4 heterocycles. The van der Waals surface area contributed by atoms with Gasteiger partial charge in [0.15, 0.2) is 11.3 Å². The van der Waals surface area contributed by atoms with Crippen LogP contribution in [0.15, 0.2) is 54.7 Å². The third kappa shape index (κ3) is 4.93. The van der Waals surface area contributed by atoms with Crippen molar-refractivity contribution in [2.75, 3.05) is 31.6 Å². The molecule has 1 aliphatic rings. The van der Waals surface area contributed by atoms with Crippen LogP contribution in [-0.2, 0) is 17.5 Å². The molecule has 186 valence electrons. The summed E-state index contributed by atoms with van der Waals surface area (Å²) >= 11 is 0. The van der Waals surface area contributed by atoms with Crippen LogP contribution in [0.4, 0.5) is 19.0 Å². The number of carbonyl (C=O) groups excluding carboxylic acids is 1. The predicted molar refractivity (Wildman–Crippen MR) is 126 cm³/mol. The zero-order valence-electron chi connectivity index (χ0n) is 19.4. The fourth-order valence-electron chi connectivity index (χ4n) is 4.17. The molecular weight excluding hydrogens is 473 g/mol. The molecule has 5 rings (SSSR count). The summed E-state index contributed by atoms with van der Waals surface area (Å²) in [6.07, 6.45) is -3.21. The van der Waals surface area contributed by atoms with Crippen LogP contribution < -0.4 is 5.32 Å². The van der Waals surface area contributed by atoms with Crippen LogP contribution in [0.5, 0.6) is 0 Å². The number of amides is 1. The third-order valence-corrected chi connectivity index (χ3v) is 5.94. The number of aryl methyl sites for hydroxylation is 1. The Labute approximate surface area is 204 Å². The van der Waals surface area contributed by atoms with E-state index in [4.69, 9.17) is 4.74 Å². The van der Waals surface area contributed by atoms with Gasteiger partial charge in [-0.3, -0.25) is 9.69 Å². The molecule has 4 aromatic rings. The van der Waals surface area contributed by atoms with Gasteiger partial charge in [0.25, 0.3) is 5.91 Å². The van der Waals surface area contributed by atoms with E-state index in [0.29, 0.717) is 36.8 Å². The van der Waals surface area contributed by atoms with E-state index in [2.05, 4.69) is 25.3 Å². The standard InChI is InChI=1S/C25H23F3N6O2/c1-16-13-22-29-14-20(34(22)32-23(16)18-6-2-3-7-19(18)25(26,27)28)24(35)31-21-8-4-5-17(30-21)15-33-9-11-36-12-10-33/h2-8,13-14H,9-12,15H2,1H3,(H,30,31,35). The molecular formula is C25H23F3N6O2. The van der Waals surface area contributed by atoms with Crippen LogP contribution >= 0.6 is 0 Å². The number of nitrogens with zero attached hydrogens (tertiary/aromatic N) is 5. The van der Waals surface area contributed by atoms with Crippen molar-refractivity contribution in [2.24, 2.45) is 0 Å². The Morgan fingerprint density at radius 1 is 1.11 bits per heavy atom. The van der Waals surface area contributed by atoms with Gasteiger partial charge < -0.3 is 10.1 Å². The molecule has 0 saturated carbocycles. The van der Waals surface area contributed by atoms with Crippen LogP contribution in [0, 0.1) is 6.92 Å². The fourth-order valence-corrected chi connectivity index (χ4v) is 4.17. The van der Waals surface area contributed by atoms with E-state index >= 15 is 0 Å². The van der Waals surface area contributed by atoms with Crippen molar-refractivity contribution in [1.29, 1.82) is 0 Å². The number of nitrogens with one attached hydrogen (secondary N) is 1. The number of fused-ring (bicyclic) bond motifs is 1. The van der Waals surface area contributed by atoms with Crippen molar-refractivity contribution < 1.29 is 22.7 Å². The first-order valence-corrected chi connectivity index (χ1v) is 11.4. The zero-order chi connectivity index (χ0) is 25.3. The average molecular weight is 496 g/mol. The largest absolute Gasteiger partial charge is 0.417 e. The van der Waals surface area contributed by atoms with Gasteiger partial charge in [0.1, 0.15) is 5.82 Å². The summed E-state index contributed by atoms with van der Waals surface area (Å²) in [5, 5.41) is 7.14. The Morgan fingerprint density at radius 3 is 2.67 bits per heavy atom. The number of anilines is 1. The van der Waals surface area contributed by atoms with Crippen LogP contribution in [0.1, 0.15) is 27.3 Å². The highest BCUT2D eigenvalue weighted by molar-refractivity contribution is 6.02. The molecule has 3 aromatic heterocycles. The second-order valence-electron chi connectivity index (χ2n) is 8.49. The van der Waals surface area contributed by atoms with Crippen molar-refractivity contribution in [3.05, 3.63) is 77.2 Å². The molecule has 1 saturated heterocycles. The number of rotatable bonds is 5. The van der Waals surface area contributed by atoms with Crippen LogP contribution in [0.25, 0.3) is 16.9 Å². The first-order chi connectivity index (χ1) is 17.3. The van der Waals surface area contributed by atoms with Crippen molar-refractivity contribution in [3.63, 3.8) is 0 Å². The minimum atomic E-state index is -4.55. The second kappa shape index (κ2) is 9.67. The van der Waals surface area contributed by atoms with Crippen molar-refractivity contribution in [2.45, 2.75) is 19.6 Å². The minimum Gasteiger partial charge on any atom is -0.379 e. The quantitative estimate of drug-likeness (QED) is 0.446. The zero-order valence-corrected chi connectivity index (χ0v) is 19.4. The number of alkyl halides is 3. The molecule has 0 atom stereocenters. The van der Waals surface area contributed by atoms with Gasteiger partial charge in [0.05, 0.1) is 36.4 Å². The Kier molecular flexibility index (Phi) is 6.42. The SMILES string of the molecule is Cc1cc2ncc(C(=O)Nc3cccc(CN4CCOCC4)n3)n2nc1-c1ccccc1C(F)(F)F. The van der Waals surface area contributed by atoms with Gasteiger partial charge in [0, 0.05) is 25.2 Å². The van der Waals surface area contributed by atoms with E-state index in [0.717, 1.165) is 24.8 Å².